The van der Waals surface area contributed by atoms with Crippen LogP contribution >= 0.6 is 23.8 Å². The molecule has 0 aliphatic rings. The van der Waals surface area contributed by atoms with E-state index < -0.39 is 0 Å². The maximum Gasteiger partial charge on any atom is 0.147 e. The molecule has 5 heteroatoms. The van der Waals surface area contributed by atoms with Crippen LogP contribution in [-0.2, 0) is 0 Å². The third kappa shape index (κ3) is 3.46. The van der Waals surface area contributed by atoms with E-state index in [2.05, 4.69) is 5.32 Å². The second-order valence-corrected chi connectivity index (χ2v) is 5.36. The van der Waals surface area contributed by atoms with Gasteiger partial charge in [0.25, 0.3) is 0 Å². The van der Waals surface area contributed by atoms with Crippen LogP contribution in [0.2, 0.25) is 5.02 Å². The Hall–Kier alpha value is -1.65. The molecule has 2 rings (SSSR count). The van der Waals surface area contributed by atoms with Crippen molar-refractivity contribution in [3.63, 3.8) is 0 Å². The summed E-state index contributed by atoms with van der Waals surface area (Å²) in [6.07, 6.45) is 0. The Morgan fingerprint density at radius 2 is 2.05 bits per heavy atom. The third-order valence-corrected chi connectivity index (χ3v) is 3.45. The quantitative estimate of drug-likeness (QED) is 0.828. The summed E-state index contributed by atoms with van der Waals surface area (Å²) in [4.78, 5) is 0.179. The highest BCUT2D eigenvalue weighted by molar-refractivity contribution is 7.80. The van der Waals surface area contributed by atoms with Crippen molar-refractivity contribution in [1.29, 1.82) is 0 Å². The molecule has 0 spiro atoms. The van der Waals surface area contributed by atoms with Crippen LogP contribution in [0.3, 0.4) is 0 Å². The summed E-state index contributed by atoms with van der Waals surface area (Å²) in [5.74, 6) is -0.385. The van der Waals surface area contributed by atoms with Gasteiger partial charge in [-0.25, -0.2) is 4.39 Å². The number of nitrogens with two attached hydrogens (primary N) is 1. The minimum atomic E-state index is -0.385. The number of hydrogen-bond acceptors (Lipinski definition) is 2. The third-order valence-electron chi connectivity index (χ3n) is 2.97. The highest BCUT2D eigenvalue weighted by Crippen LogP contribution is 2.24. The Morgan fingerprint density at radius 3 is 2.65 bits per heavy atom. The second kappa shape index (κ2) is 6.20. The molecule has 0 radical (unpaired) electrons. The molecule has 3 N–H and O–H groups in total. The van der Waals surface area contributed by atoms with Gasteiger partial charge in [-0.05, 0) is 42.8 Å². The molecule has 0 bridgehead atoms. The van der Waals surface area contributed by atoms with E-state index in [0.717, 1.165) is 5.56 Å². The molecule has 0 aliphatic heterocycles. The standard InChI is InChI=1S/C15H14ClFN2S/c1-9(10-3-2-4-12(16)7-10)19-14-6-5-11(15(18)20)8-13(14)17/h2-9,19H,1H3,(H2,18,20). The van der Waals surface area contributed by atoms with Crippen LogP contribution in [0, 0.1) is 5.82 Å². The number of anilines is 1. The van der Waals surface area contributed by atoms with Crippen molar-refractivity contribution >= 4 is 34.5 Å². The fourth-order valence-corrected chi connectivity index (χ4v) is 2.20. The number of thiocarbonyl (C=S) groups is 1. The average molecular weight is 309 g/mol. The molecular formula is C15H14ClFN2S. The van der Waals surface area contributed by atoms with Crippen molar-refractivity contribution in [2.75, 3.05) is 5.32 Å². The molecule has 0 amide bonds. The molecule has 1 atom stereocenters. The smallest absolute Gasteiger partial charge is 0.147 e. The molecule has 0 aliphatic carbocycles. The summed E-state index contributed by atoms with van der Waals surface area (Å²) in [5, 5.41) is 3.76. The zero-order chi connectivity index (χ0) is 14.7. The molecule has 2 aromatic carbocycles. The topological polar surface area (TPSA) is 38.0 Å². The maximum atomic E-state index is 14.0. The van der Waals surface area contributed by atoms with Gasteiger partial charge >= 0.3 is 0 Å². The molecule has 1 unspecified atom stereocenters. The van der Waals surface area contributed by atoms with Gasteiger partial charge in [-0.15, -0.1) is 0 Å². The van der Waals surface area contributed by atoms with Gasteiger partial charge in [0.15, 0.2) is 0 Å². The van der Waals surface area contributed by atoms with E-state index >= 15 is 0 Å². The Bertz CT molecular complexity index is 646. The monoisotopic (exact) mass is 308 g/mol. The first-order chi connectivity index (χ1) is 9.47. The van der Waals surface area contributed by atoms with E-state index in [0.29, 0.717) is 16.3 Å². The van der Waals surface area contributed by atoms with Crippen molar-refractivity contribution in [2.24, 2.45) is 5.73 Å². The Balaban J connectivity index is 2.19. The molecule has 0 saturated carbocycles. The summed E-state index contributed by atoms with van der Waals surface area (Å²) in [7, 11) is 0. The van der Waals surface area contributed by atoms with Gasteiger partial charge in [0, 0.05) is 16.6 Å². The molecule has 2 aromatic rings. The van der Waals surface area contributed by atoms with Crippen LogP contribution in [0.4, 0.5) is 10.1 Å². The molecule has 0 saturated heterocycles. The molecule has 20 heavy (non-hydrogen) atoms. The maximum absolute atomic E-state index is 14.0. The fourth-order valence-electron chi connectivity index (χ4n) is 1.88. The first-order valence-electron chi connectivity index (χ1n) is 6.08. The van der Waals surface area contributed by atoms with Gasteiger partial charge in [-0.2, -0.15) is 0 Å². The van der Waals surface area contributed by atoms with Crippen LogP contribution in [0.1, 0.15) is 24.1 Å². The molecule has 0 aromatic heterocycles. The van der Waals surface area contributed by atoms with Crippen molar-refractivity contribution in [3.05, 3.63) is 64.4 Å². The lowest BCUT2D eigenvalue weighted by atomic mass is 10.1. The van der Waals surface area contributed by atoms with E-state index in [-0.39, 0.29) is 16.8 Å². The molecular weight excluding hydrogens is 295 g/mol. The van der Waals surface area contributed by atoms with Crippen molar-refractivity contribution in [3.8, 4) is 0 Å². The van der Waals surface area contributed by atoms with Gasteiger partial charge in [0.2, 0.25) is 0 Å². The van der Waals surface area contributed by atoms with E-state index in [1.807, 2.05) is 25.1 Å². The number of hydrogen-bond donors (Lipinski definition) is 2. The zero-order valence-electron chi connectivity index (χ0n) is 10.9. The van der Waals surface area contributed by atoms with E-state index in [1.165, 1.54) is 6.07 Å². The minimum absolute atomic E-state index is 0.0705. The van der Waals surface area contributed by atoms with Crippen LogP contribution in [0.5, 0.6) is 0 Å². The predicted molar refractivity (Wildman–Crippen MR) is 85.8 cm³/mol. The van der Waals surface area contributed by atoms with E-state index in [1.54, 1.807) is 18.2 Å². The van der Waals surface area contributed by atoms with E-state index in [4.69, 9.17) is 29.6 Å². The number of nitrogens with one attached hydrogen (secondary N) is 1. The summed E-state index contributed by atoms with van der Waals surface area (Å²) in [6, 6.07) is 12.0. The first-order valence-corrected chi connectivity index (χ1v) is 6.87. The van der Waals surface area contributed by atoms with Gasteiger partial charge in [-0.3, -0.25) is 0 Å². The summed E-state index contributed by atoms with van der Waals surface area (Å²) >= 11 is 10.8. The molecule has 2 nitrogen and oxygen atoms in total. The fraction of sp³-hybridized carbons (Fsp3) is 0.133. The van der Waals surface area contributed by atoms with E-state index in [9.17, 15) is 4.39 Å². The first kappa shape index (κ1) is 14.8. The Labute approximate surface area is 127 Å². The summed E-state index contributed by atoms with van der Waals surface area (Å²) in [6.45, 7) is 1.94. The average Bonchev–Trinajstić information content (AvgIpc) is 2.40. The van der Waals surface area contributed by atoms with Gasteiger partial charge in [0.1, 0.15) is 10.8 Å². The van der Waals surface area contributed by atoms with Crippen LogP contribution < -0.4 is 11.1 Å². The van der Waals surface area contributed by atoms with Gasteiger partial charge in [-0.1, -0.05) is 36.0 Å². The molecule has 0 fully saturated rings. The van der Waals surface area contributed by atoms with Crippen molar-refractivity contribution < 1.29 is 4.39 Å². The summed E-state index contributed by atoms with van der Waals surface area (Å²) < 4.78 is 14.0. The largest absolute Gasteiger partial charge is 0.389 e. The van der Waals surface area contributed by atoms with Crippen LogP contribution in [-0.4, -0.2) is 4.99 Å². The normalized spacial score (nSPS) is 11.9. The lowest BCUT2D eigenvalue weighted by molar-refractivity contribution is 0.627. The number of rotatable bonds is 4. The Morgan fingerprint density at radius 1 is 1.30 bits per heavy atom. The number of benzene rings is 2. The second-order valence-electron chi connectivity index (χ2n) is 4.48. The summed E-state index contributed by atoms with van der Waals surface area (Å²) in [5.41, 5.74) is 7.37. The lowest BCUT2D eigenvalue weighted by Crippen LogP contribution is -2.11. The minimum Gasteiger partial charge on any atom is -0.389 e. The van der Waals surface area contributed by atoms with Crippen LogP contribution in [0.15, 0.2) is 42.5 Å². The molecule has 0 heterocycles. The van der Waals surface area contributed by atoms with Crippen molar-refractivity contribution in [1.82, 2.24) is 0 Å². The van der Waals surface area contributed by atoms with Gasteiger partial charge in [0.05, 0.1) is 5.69 Å². The number of halogens is 2. The zero-order valence-corrected chi connectivity index (χ0v) is 12.4. The molecule has 104 valence electrons. The lowest BCUT2D eigenvalue weighted by Gasteiger charge is -2.17. The van der Waals surface area contributed by atoms with Gasteiger partial charge < -0.3 is 11.1 Å². The highest BCUT2D eigenvalue weighted by atomic mass is 35.5. The Kier molecular flexibility index (Phi) is 4.57. The highest BCUT2D eigenvalue weighted by Gasteiger charge is 2.10. The predicted octanol–water partition coefficient (Wildman–Crippen LogP) is 4.29. The van der Waals surface area contributed by atoms with Crippen molar-refractivity contribution in [2.45, 2.75) is 13.0 Å². The SMILES string of the molecule is CC(Nc1ccc(C(N)=S)cc1F)c1cccc(Cl)c1. The van der Waals surface area contributed by atoms with Crippen LogP contribution in [0.25, 0.3) is 0 Å².